The molecule has 0 saturated heterocycles. The van der Waals surface area contributed by atoms with Gasteiger partial charge in [-0.25, -0.2) is 8.78 Å². The van der Waals surface area contributed by atoms with Crippen molar-refractivity contribution in [3.8, 4) is 0 Å². The lowest BCUT2D eigenvalue weighted by molar-refractivity contribution is 0.590. The lowest BCUT2D eigenvalue weighted by Crippen LogP contribution is -1.86. The van der Waals surface area contributed by atoms with Gasteiger partial charge in [-0.1, -0.05) is 11.6 Å². The summed E-state index contributed by atoms with van der Waals surface area (Å²) in [6, 6.07) is 3.43. The first-order valence-electron chi connectivity index (χ1n) is 3.58. The van der Waals surface area contributed by atoms with E-state index < -0.39 is 11.6 Å². The first-order valence-corrected chi connectivity index (χ1v) is 3.95. The zero-order valence-electron chi connectivity index (χ0n) is 6.39. The highest BCUT2D eigenvalue weighted by molar-refractivity contribution is 6.35. The van der Waals surface area contributed by atoms with Gasteiger partial charge in [-0.05, 0) is 12.1 Å². The van der Waals surface area contributed by atoms with E-state index in [9.17, 15) is 8.78 Å². The molecule has 0 spiro atoms. The number of benzene rings is 1. The van der Waals surface area contributed by atoms with Gasteiger partial charge in [0.1, 0.15) is 11.3 Å². The number of halogens is 3. The third kappa shape index (κ3) is 1.35. The van der Waals surface area contributed by atoms with Crippen LogP contribution in [0.25, 0.3) is 10.9 Å². The van der Waals surface area contributed by atoms with Gasteiger partial charge in [-0.2, -0.15) is 0 Å². The van der Waals surface area contributed by atoms with E-state index in [2.05, 4.69) is 4.98 Å². The summed E-state index contributed by atoms with van der Waals surface area (Å²) in [6.07, 6.45) is 1.38. The van der Waals surface area contributed by atoms with Crippen LogP contribution in [0.1, 0.15) is 0 Å². The first-order chi connectivity index (χ1) is 6.18. The monoisotopic (exact) mass is 199 g/mol. The minimum Gasteiger partial charge on any atom is -0.253 e. The molecular formula is C9H4ClF2N. The number of aromatic nitrogens is 1. The molecule has 66 valence electrons. The van der Waals surface area contributed by atoms with Crippen LogP contribution in [-0.4, -0.2) is 4.98 Å². The summed E-state index contributed by atoms with van der Waals surface area (Å²) in [5.41, 5.74) is 0.0916. The molecule has 13 heavy (non-hydrogen) atoms. The van der Waals surface area contributed by atoms with Gasteiger partial charge in [0, 0.05) is 17.6 Å². The van der Waals surface area contributed by atoms with E-state index in [1.54, 1.807) is 0 Å². The lowest BCUT2D eigenvalue weighted by Gasteiger charge is -2.00. The molecule has 0 fully saturated rings. The second kappa shape index (κ2) is 2.92. The predicted molar refractivity (Wildman–Crippen MR) is 46.7 cm³/mol. The van der Waals surface area contributed by atoms with Crippen LogP contribution in [-0.2, 0) is 0 Å². The molecule has 0 aliphatic heterocycles. The fourth-order valence-electron chi connectivity index (χ4n) is 1.15. The Morgan fingerprint density at radius 3 is 2.77 bits per heavy atom. The van der Waals surface area contributed by atoms with Crippen molar-refractivity contribution in [2.24, 2.45) is 0 Å². The highest BCUT2D eigenvalue weighted by Gasteiger charge is 2.06. The number of pyridine rings is 1. The van der Waals surface area contributed by atoms with Gasteiger partial charge < -0.3 is 0 Å². The topological polar surface area (TPSA) is 12.9 Å². The van der Waals surface area contributed by atoms with Gasteiger partial charge in [0.25, 0.3) is 0 Å². The van der Waals surface area contributed by atoms with Gasteiger partial charge in [-0.15, -0.1) is 0 Å². The summed E-state index contributed by atoms with van der Waals surface area (Å²) < 4.78 is 25.8. The molecule has 0 radical (unpaired) electrons. The summed E-state index contributed by atoms with van der Waals surface area (Å²) in [6.45, 7) is 0. The van der Waals surface area contributed by atoms with Crippen LogP contribution in [0, 0.1) is 11.6 Å². The molecule has 1 heterocycles. The van der Waals surface area contributed by atoms with Gasteiger partial charge in [0.2, 0.25) is 0 Å². The van der Waals surface area contributed by atoms with Crippen LogP contribution >= 0.6 is 11.6 Å². The third-order valence-corrected chi connectivity index (χ3v) is 2.04. The molecule has 1 aromatic heterocycles. The molecule has 1 aromatic carbocycles. The number of rotatable bonds is 0. The predicted octanol–water partition coefficient (Wildman–Crippen LogP) is 3.17. The second-order valence-electron chi connectivity index (χ2n) is 2.58. The highest BCUT2D eigenvalue weighted by Crippen LogP contribution is 2.24. The Bertz CT molecular complexity index is 470. The van der Waals surface area contributed by atoms with Crippen LogP contribution < -0.4 is 0 Å². The quantitative estimate of drug-likeness (QED) is 0.635. The van der Waals surface area contributed by atoms with Gasteiger partial charge in [0.15, 0.2) is 5.82 Å². The number of nitrogens with zero attached hydrogens (tertiary/aromatic N) is 1. The maximum absolute atomic E-state index is 13.1. The van der Waals surface area contributed by atoms with Crippen molar-refractivity contribution in [2.45, 2.75) is 0 Å². The van der Waals surface area contributed by atoms with E-state index in [0.29, 0.717) is 10.4 Å². The molecule has 1 nitrogen and oxygen atoms in total. The minimum absolute atomic E-state index is 0.0916. The average Bonchev–Trinajstić information content (AvgIpc) is 2.07. The van der Waals surface area contributed by atoms with E-state index in [4.69, 9.17) is 11.6 Å². The molecule has 0 aliphatic rings. The zero-order chi connectivity index (χ0) is 9.42. The van der Waals surface area contributed by atoms with Crippen LogP contribution in [0.3, 0.4) is 0 Å². The van der Waals surface area contributed by atoms with Crippen molar-refractivity contribution in [1.29, 1.82) is 0 Å². The Morgan fingerprint density at radius 2 is 2.00 bits per heavy atom. The summed E-state index contributed by atoms with van der Waals surface area (Å²) in [5.74, 6) is -1.35. The molecule has 0 N–H and O–H groups in total. The molecule has 0 amide bonds. The Morgan fingerprint density at radius 1 is 1.23 bits per heavy atom. The molecule has 4 heteroatoms. The maximum atomic E-state index is 13.1. The third-order valence-electron chi connectivity index (χ3n) is 1.71. The van der Waals surface area contributed by atoms with E-state index in [-0.39, 0.29) is 5.52 Å². The van der Waals surface area contributed by atoms with Crippen molar-refractivity contribution in [2.75, 3.05) is 0 Å². The summed E-state index contributed by atoms with van der Waals surface area (Å²) in [7, 11) is 0. The van der Waals surface area contributed by atoms with Crippen molar-refractivity contribution < 1.29 is 8.78 Å². The maximum Gasteiger partial charge on any atom is 0.152 e. The summed E-state index contributed by atoms with van der Waals surface area (Å²) in [4.78, 5) is 3.76. The van der Waals surface area contributed by atoms with Crippen LogP contribution in [0.5, 0.6) is 0 Å². The van der Waals surface area contributed by atoms with Gasteiger partial charge in [0.05, 0.1) is 5.02 Å². The molecule has 0 bridgehead atoms. The van der Waals surface area contributed by atoms with E-state index >= 15 is 0 Å². The highest BCUT2D eigenvalue weighted by atomic mass is 35.5. The average molecular weight is 200 g/mol. The zero-order valence-corrected chi connectivity index (χ0v) is 7.15. The van der Waals surface area contributed by atoms with Gasteiger partial charge in [-0.3, -0.25) is 4.98 Å². The minimum atomic E-state index is -0.697. The fourth-order valence-corrected chi connectivity index (χ4v) is 1.35. The van der Waals surface area contributed by atoms with Crippen LogP contribution in [0.2, 0.25) is 5.02 Å². The van der Waals surface area contributed by atoms with Crippen LogP contribution in [0.4, 0.5) is 8.78 Å². The first kappa shape index (κ1) is 8.38. The van der Waals surface area contributed by atoms with Crippen molar-refractivity contribution >= 4 is 22.5 Å². The summed E-state index contributed by atoms with van der Waals surface area (Å²) >= 11 is 5.73. The molecule has 2 aromatic rings. The molecule has 0 atom stereocenters. The lowest BCUT2D eigenvalue weighted by atomic mass is 10.2. The van der Waals surface area contributed by atoms with Crippen molar-refractivity contribution in [3.63, 3.8) is 0 Å². The number of hydrogen-bond acceptors (Lipinski definition) is 1. The Labute approximate surface area is 78.0 Å². The Hall–Kier alpha value is -1.22. The van der Waals surface area contributed by atoms with Crippen molar-refractivity contribution in [3.05, 3.63) is 41.1 Å². The number of fused-ring (bicyclic) bond motifs is 1. The van der Waals surface area contributed by atoms with Gasteiger partial charge >= 0.3 is 0 Å². The largest absolute Gasteiger partial charge is 0.253 e. The summed E-state index contributed by atoms with van der Waals surface area (Å²) in [5, 5.41) is 0.588. The molecule has 2 rings (SSSR count). The van der Waals surface area contributed by atoms with E-state index in [1.807, 2.05) is 0 Å². The smallest absolute Gasteiger partial charge is 0.152 e. The number of hydrogen-bond donors (Lipinski definition) is 0. The van der Waals surface area contributed by atoms with E-state index in [1.165, 1.54) is 12.3 Å². The molecule has 0 unspecified atom stereocenters. The second-order valence-corrected chi connectivity index (χ2v) is 2.98. The molecule has 0 saturated carbocycles. The Kier molecular flexibility index (Phi) is 1.88. The standard InChI is InChI=1S/C9H4ClF2N/c10-7-1-2-13-9-6(7)3-5(11)4-8(9)12/h1-4H. The fraction of sp³-hybridized carbons (Fsp3) is 0. The normalized spacial score (nSPS) is 10.7. The SMILES string of the molecule is Fc1cc(F)c2nccc(Cl)c2c1. The van der Waals surface area contributed by atoms with Crippen LogP contribution in [0.15, 0.2) is 24.4 Å². The van der Waals surface area contributed by atoms with E-state index in [0.717, 1.165) is 12.1 Å². The molecular weight excluding hydrogens is 196 g/mol. The molecule has 0 aliphatic carbocycles. The Balaban J connectivity index is 2.94. The van der Waals surface area contributed by atoms with Crippen molar-refractivity contribution in [1.82, 2.24) is 4.98 Å².